The van der Waals surface area contributed by atoms with Crippen molar-refractivity contribution in [2.75, 3.05) is 6.61 Å². The van der Waals surface area contributed by atoms with E-state index in [2.05, 4.69) is 20.9 Å². The molecule has 0 amide bonds. The minimum atomic E-state index is -0.440. The Morgan fingerprint density at radius 3 is 2.63 bits per heavy atom. The van der Waals surface area contributed by atoms with E-state index in [-0.39, 0.29) is 11.9 Å². The second kappa shape index (κ2) is 6.89. The van der Waals surface area contributed by atoms with E-state index < -0.39 is 5.60 Å². The van der Waals surface area contributed by atoms with Crippen LogP contribution in [-0.4, -0.2) is 23.2 Å². The summed E-state index contributed by atoms with van der Waals surface area (Å²) < 4.78 is 11.7. The fourth-order valence-electron chi connectivity index (χ4n) is 1.40. The molecule has 0 aliphatic heterocycles. The number of carbonyl (C=O) groups excluding carboxylic acids is 1. The van der Waals surface area contributed by atoms with E-state index >= 15 is 0 Å². The number of rotatable bonds is 5. The maximum atomic E-state index is 11.6. The van der Waals surface area contributed by atoms with Crippen LogP contribution in [-0.2, 0) is 9.53 Å². The van der Waals surface area contributed by atoms with Gasteiger partial charge in [0.1, 0.15) is 5.60 Å². The molecule has 0 unspecified atom stereocenters. The molecule has 0 N–H and O–H groups in total. The monoisotopic (exact) mass is 329 g/mol. The minimum absolute atomic E-state index is 0.0836. The molecule has 1 heterocycles. The van der Waals surface area contributed by atoms with Gasteiger partial charge >= 0.3 is 5.97 Å². The van der Waals surface area contributed by atoms with Crippen molar-refractivity contribution >= 4 is 21.9 Å². The number of hydrogen-bond donors (Lipinski definition) is 0. The smallest absolute Gasteiger partial charge is 0.306 e. The quantitative estimate of drug-likeness (QED) is 0.774. The average molecular weight is 330 g/mol. The molecule has 1 rings (SSSR count). The Morgan fingerprint density at radius 2 is 2.11 bits per heavy atom. The fraction of sp³-hybridized carbons (Fsp3) is 0.571. The van der Waals surface area contributed by atoms with Crippen LogP contribution in [0, 0.1) is 5.92 Å². The highest BCUT2D eigenvalue weighted by Crippen LogP contribution is 2.15. The summed E-state index contributed by atoms with van der Waals surface area (Å²) in [5.74, 6) is 0.437. The Bertz CT molecular complexity index is 412. The summed E-state index contributed by atoms with van der Waals surface area (Å²) in [6.07, 6.45) is 2.02. The number of esters is 1. The molecule has 0 spiro atoms. The summed E-state index contributed by atoms with van der Waals surface area (Å²) in [6.45, 7) is 7.96. The fourth-order valence-corrected chi connectivity index (χ4v) is 1.64. The molecule has 19 heavy (non-hydrogen) atoms. The van der Waals surface area contributed by atoms with Gasteiger partial charge in [0.05, 0.1) is 13.0 Å². The number of ether oxygens (including phenoxy) is 2. The van der Waals surface area contributed by atoms with Gasteiger partial charge in [0.25, 0.3) is 0 Å². The molecule has 0 aliphatic carbocycles. The first-order valence-corrected chi connectivity index (χ1v) is 7.02. The summed E-state index contributed by atoms with van der Waals surface area (Å²) >= 11 is 3.31. The standard InChI is InChI=1S/C14H20BrNO3/c1-10(7-13(17)19-14(2,3)4)9-18-12-6-5-11(15)8-16-12/h5-6,8,10H,7,9H2,1-4H3/t10-/m1/s1. The van der Waals surface area contributed by atoms with Gasteiger partial charge < -0.3 is 9.47 Å². The lowest BCUT2D eigenvalue weighted by molar-refractivity contribution is -0.156. The topological polar surface area (TPSA) is 48.4 Å². The second-order valence-electron chi connectivity index (χ2n) is 5.52. The van der Waals surface area contributed by atoms with Crippen LogP contribution in [0.1, 0.15) is 34.1 Å². The highest BCUT2D eigenvalue weighted by Gasteiger charge is 2.18. The number of halogens is 1. The van der Waals surface area contributed by atoms with Gasteiger partial charge in [-0.05, 0) is 42.8 Å². The zero-order chi connectivity index (χ0) is 14.5. The molecule has 1 aromatic rings. The third kappa shape index (κ3) is 7.15. The Balaban J connectivity index is 2.33. The van der Waals surface area contributed by atoms with Gasteiger partial charge in [-0.3, -0.25) is 4.79 Å². The van der Waals surface area contributed by atoms with Crippen LogP contribution in [0.25, 0.3) is 0 Å². The predicted molar refractivity (Wildman–Crippen MR) is 77.1 cm³/mol. The summed E-state index contributed by atoms with van der Waals surface area (Å²) in [4.78, 5) is 15.7. The lowest BCUT2D eigenvalue weighted by Gasteiger charge is -2.20. The molecule has 0 aromatic carbocycles. The number of aromatic nitrogens is 1. The predicted octanol–water partition coefficient (Wildman–Crippen LogP) is 3.59. The van der Waals surface area contributed by atoms with Gasteiger partial charge in [0.15, 0.2) is 0 Å². The van der Waals surface area contributed by atoms with Gasteiger partial charge in [-0.25, -0.2) is 4.98 Å². The molecule has 0 radical (unpaired) electrons. The zero-order valence-electron chi connectivity index (χ0n) is 11.8. The van der Waals surface area contributed by atoms with E-state index in [9.17, 15) is 4.79 Å². The molecule has 4 nitrogen and oxygen atoms in total. The van der Waals surface area contributed by atoms with Crippen molar-refractivity contribution in [2.45, 2.75) is 39.7 Å². The molecule has 5 heteroatoms. The number of carbonyl (C=O) groups is 1. The van der Waals surface area contributed by atoms with E-state index in [4.69, 9.17) is 9.47 Å². The molecule has 0 bridgehead atoms. The average Bonchev–Trinajstić information content (AvgIpc) is 2.25. The normalized spacial score (nSPS) is 12.9. The first-order valence-electron chi connectivity index (χ1n) is 6.22. The van der Waals surface area contributed by atoms with Crippen molar-refractivity contribution in [3.63, 3.8) is 0 Å². The van der Waals surface area contributed by atoms with Crippen molar-refractivity contribution < 1.29 is 14.3 Å². The van der Waals surface area contributed by atoms with Gasteiger partial charge in [0.2, 0.25) is 5.88 Å². The van der Waals surface area contributed by atoms with Crippen LogP contribution < -0.4 is 4.74 Å². The Morgan fingerprint density at radius 1 is 1.42 bits per heavy atom. The number of nitrogens with zero attached hydrogens (tertiary/aromatic N) is 1. The third-order valence-electron chi connectivity index (χ3n) is 2.15. The maximum absolute atomic E-state index is 11.6. The molecular formula is C14H20BrNO3. The van der Waals surface area contributed by atoms with Crippen molar-refractivity contribution in [3.8, 4) is 5.88 Å². The van der Waals surface area contributed by atoms with Gasteiger partial charge in [-0.1, -0.05) is 6.92 Å². The lowest BCUT2D eigenvalue weighted by Crippen LogP contribution is -2.26. The SMILES string of the molecule is C[C@@H](COc1ccc(Br)cn1)CC(=O)OC(C)(C)C. The van der Waals surface area contributed by atoms with E-state index in [1.165, 1.54) is 0 Å². The summed E-state index contributed by atoms with van der Waals surface area (Å²) in [6, 6.07) is 3.64. The van der Waals surface area contributed by atoms with Crippen molar-refractivity contribution in [1.82, 2.24) is 4.98 Å². The van der Waals surface area contributed by atoms with Crippen LogP contribution >= 0.6 is 15.9 Å². The van der Waals surface area contributed by atoms with Crippen molar-refractivity contribution in [2.24, 2.45) is 5.92 Å². The van der Waals surface area contributed by atoms with Gasteiger partial charge in [-0.2, -0.15) is 0 Å². The molecule has 0 saturated heterocycles. The molecule has 1 atom stereocenters. The summed E-state index contributed by atoms with van der Waals surface area (Å²) in [5, 5.41) is 0. The Labute approximate surface area is 122 Å². The molecule has 0 fully saturated rings. The number of pyridine rings is 1. The Kier molecular flexibility index (Phi) is 5.79. The van der Waals surface area contributed by atoms with Crippen molar-refractivity contribution in [1.29, 1.82) is 0 Å². The number of hydrogen-bond acceptors (Lipinski definition) is 4. The summed E-state index contributed by atoms with van der Waals surface area (Å²) in [5.41, 5.74) is -0.440. The van der Waals surface area contributed by atoms with Crippen LogP contribution in [0.5, 0.6) is 5.88 Å². The molecule has 1 aromatic heterocycles. The van der Waals surface area contributed by atoms with E-state index in [1.54, 1.807) is 12.3 Å². The maximum Gasteiger partial charge on any atom is 0.306 e. The highest BCUT2D eigenvalue weighted by molar-refractivity contribution is 9.10. The summed E-state index contributed by atoms with van der Waals surface area (Å²) in [7, 11) is 0. The van der Waals surface area contributed by atoms with E-state index in [0.29, 0.717) is 18.9 Å². The Hall–Kier alpha value is -1.10. The molecule has 106 valence electrons. The lowest BCUT2D eigenvalue weighted by atomic mass is 10.1. The molecular weight excluding hydrogens is 310 g/mol. The first-order chi connectivity index (χ1) is 8.76. The first kappa shape index (κ1) is 16.0. The third-order valence-corrected chi connectivity index (χ3v) is 2.62. The second-order valence-corrected chi connectivity index (χ2v) is 6.44. The van der Waals surface area contributed by atoms with E-state index in [0.717, 1.165) is 4.47 Å². The zero-order valence-corrected chi connectivity index (χ0v) is 13.4. The van der Waals surface area contributed by atoms with Crippen LogP contribution in [0.15, 0.2) is 22.8 Å². The minimum Gasteiger partial charge on any atom is -0.477 e. The highest BCUT2D eigenvalue weighted by atomic mass is 79.9. The van der Waals surface area contributed by atoms with Gasteiger partial charge in [-0.15, -0.1) is 0 Å². The van der Waals surface area contributed by atoms with Gasteiger partial charge in [0, 0.05) is 22.7 Å². The van der Waals surface area contributed by atoms with Crippen molar-refractivity contribution in [3.05, 3.63) is 22.8 Å². The molecule has 0 saturated carbocycles. The van der Waals surface area contributed by atoms with E-state index in [1.807, 2.05) is 33.8 Å². The van der Waals surface area contributed by atoms with Crippen LogP contribution in [0.2, 0.25) is 0 Å². The van der Waals surface area contributed by atoms with Crippen LogP contribution in [0.4, 0.5) is 0 Å². The molecule has 0 aliphatic rings. The van der Waals surface area contributed by atoms with Crippen LogP contribution in [0.3, 0.4) is 0 Å². The largest absolute Gasteiger partial charge is 0.477 e.